The second kappa shape index (κ2) is 3.97. The SMILES string of the molecule is C/N=C(\C)c1cccc2sc3ccccc3c12. The van der Waals surface area contributed by atoms with Crippen molar-refractivity contribution in [2.24, 2.45) is 4.99 Å². The fraction of sp³-hybridized carbons (Fsp3) is 0.133. The van der Waals surface area contributed by atoms with Gasteiger partial charge in [-0.3, -0.25) is 4.99 Å². The van der Waals surface area contributed by atoms with Gasteiger partial charge in [0, 0.05) is 38.5 Å². The Labute approximate surface area is 104 Å². The lowest BCUT2D eigenvalue weighted by Crippen LogP contribution is -1.94. The van der Waals surface area contributed by atoms with Gasteiger partial charge >= 0.3 is 0 Å². The van der Waals surface area contributed by atoms with Crippen molar-refractivity contribution in [1.82, 2.24) is 0 Å². The average Bonchev–Trinajstić information content (AvgIpc) is 2.76. The molecule has 3 aromatic rings. The third-order valence-corrected chi connectivity index (χ3v) is 4.26. The van der Waals surface area contributed by atoms with Crippen LogP contribution in [0.15, 0.2) is 47.5 Å². The molecule has 0 aliphatic heterocycles. The van der Waals surface area contributed by atoms with Crippen molar-refractivity contribution < 1.29 is 0 Å². The van der Waals surface area contributed by atoms with Crippen LogP contribution in [0.5, 0.6) is 0 Å². The van der Waals surface area contributed by atoms with Crippen LogP contribution in [0.2, 0.25) is 0 Å². The first-order chi connectivity index (χ1) is 8.31. The number of aliphatic imine (C=N–C) groups is 1. The quantitative estimate of drug-likeness (QED) is 0.555. The van der Waals surface area contributed by atoms with Gasteiger partial charge in [-0.1, -0.05) is 30.3 Å². The number of rotatable bonds is 1. The highest BCUT2D eigenvalue weighted by Crippen LogP contribution is 2.35. The molecule has 0 bridgehead atoms. The van der Waals surface area contributed by atoms with Gasteiger partial charge in [-0.15, -0.1) is 11.3 Å². The summed E-state index contributed by atoms with van der Waals surface area (Å²) in [6, 6.07) is 15.0. The van der Waals surface area contributed by atoms with Crippen LogP contribution in [0.4, 0.5) is 0 Å². The molecule has 0 spiro atoms. The molecule has 0 aliphatic rings. The Morgan fingerprint density at radius 3 is 2.59 bits per heavy atom. The fourth-order valence-corrected chi connectivity index (χ4v) is 3.33. The summed E-state index contributed by atoms with van der Waals surface area (Å²) in [5.74, 6) is 0. The Bertz CT molecular complexity index is 722. The van der Waals surface area contributed by atoms with Gasteiger partial charge in [0.15, 0.2) is 0 Å². The van der Waals surface area contributed by atoms with Gasteiger partial charge in [-0.25, -0.2) is 0 Å². The average molecular weight is 239 g/mol. The predicted octanol–water partition coefficient (Wildman–Crippen LogP) is 4.49. The van der Waals surface area contributed by atoms with Crippen LogP contribution in [-0.4, -0.2) is 12.8 Å². The molecule has 0 radical (unpaired) electrons. The molecule has 0 saturated carbocycles. The zero-order valence-corrected chi connectivity index (χ0v) is 10.7. The van der Waals surface area contributed by atoms with E-state index in [1.54, 1.807) is 0 Å². The maximum Gasteiger partial charge on any atom is 0.0392 e. The minimum Gasteiger partial charge on any atom is -0.293 e. The predicted molar refractivity (Wildman–Crippen MR) is 77.5 cm³/mol. The Morgan fingerprint density at radius 2 is 1.76 bits per heavy atom. The highest BCUT2D eigenvalue weighted by Gasteiger charge is 2.09. The van der Waals surface area contributed by atoms with Crippen LogP contribution >= 0.6 is 11.3 Å². The molecule has 1 heterocycles. The second-order valence-electron chi connectivity index (χ2n) is 4.09. The Hall–Kier alpha value is -1.67. The van der Waals surface area contributed by atoms with Gasteiger partial charge in [-0.05, 0) is 19.1 Å². The van der Waals surface area contributed by atoms with E-state index in [9.17, 15) is 0 Å². The molecule has 2 heteroatoms. The summed E-state index contributed by atoms with van der Waals surface area (Å²) >= 11 is 1.85. The van der Waals surface area contributed by atoms with Crippen LogP contribution < -0.4 is 0 Å². The second-order valence-corrected chi connectivity index (χ2v) is 5.17. The topological polar surface area (TPSA) is 12.4 Å². The van der Waals surface area contributed by atoms with E-state index in [0.717, 1.165) is 5.71 Å². The molecule has 0 atom stereocenters. The molecule has 0 amide bonds. The van der Waals surface area contributed by atoms with Crippen LogP contribution in [0, 0.1) is 0 Å². The van der Waals surface area contributed by atoms with E-state index in [1.807, 2.05) is 18.4 Å². The van der Waals surface area contributed by atoms with Crippen molar-refractivity contribution >= 4 is 37.2 Å². The molecular weight excluding hydrogens is 226 g/mol. The van der Waals surface area contributed by atoms with Gasteiger partial charge < -0.3 is 0 Å². The molecule has 0 unspecified atom stereocenters. The molecule has 0 aliphatic carbocycles. The van der Waals surface area contributed by atoms with E-state index in [2.05, 4.69) is 54.4 Å². The van der Waals surface area contributed by atoms with Crippen molar-refractivity contribution in [3.8, 4) is 0 Å². The zero-order valence-electron chi connectivity index (χ0n) is 9.90. The van der Waals surface area contributed by atoms with Crippen molar-refractivity contribution in [2.45, 2.75) is 6.92 Å². The number of fused-ring (bicyclic) bond motifs is 3. The Kier molecular flexibility index (Phi) is 2.45. The van der Waals surface area contributed by atoms with E-state index in [-0.39, 0.29) is 0 Å². The van der Waals surface area contributed by atoms with Crippen molar-refractivity contribution in [3.63, 3.8) is 0 Å². The molecule has 1 nitrogen and oxygen atoms in total. The standard InChI is InChI=1S/C15H13NS/c1-10(16-2)11-7-5-9-14-15(11)12-6-3-4-8-13(12)17-14/h3-9H,1-2H3/b16-10+. The van der Waals surface area contributed by atoms with E-state index in [1.165, 1.54) is 25.7 Å². The molecule has 0 N–H and O–H groups in total. The van der Waals surface area contributed by atoms with Crippen molar-refractivity contribution in [1.29, 1.82) is 0 Å². The lowest BCUT2D eigenvalue weighted by atomic mass is 10.0. The summed E-state index contributed by atoms with van der Waals surface area (Å²) in [5, 5.41) is 2.68. The molecule has 3 rings (SSSR count). The Morgan fingerprint density at radius 1 is 1.00 bits per heavy atom. The van der Waals surface area contributed by atoms with Crippen molar-refractivity contribution in [3.05, 3.63) is 48.0 Å². The summed E-state index contributed by atoms with van der Waals surface area (Å²) in [6.07, 6.45) is 0. The third kappa shape index (κ3) is 1.56. The van der Waals surface area contributed by atoms with Crippen LogP contribution in [-0.2, 0) is 0 Å². The van der Waals surface area contributed by atoms with Crippen molar-refractivity contribution in [2.75, 3.05) is 7.05 Å². The lowest BCUT2D eigenvalue weighted by molar-refractivity contribution is 1.42. The zero-order chi connectivity index (χ0) is 11.8. The fourth-order valence-electron chi connectivity index (χ4n) is 2.20. The van der Waals surface area contributed by atoms with E-state index in [0.29, 0.717) is 0 Å². The normalized spacial score (nSPS) is 12.5. The number of benzene rings is 2. The van der Waals surface area contributed by atoms with Crippen LogP contribution in [0.1, 0.15) is 12.5 Å². The highest BCUT2D eigenvalue weighted by atomic mass is 32.1. The van der Waals surface area contributed by atoms with E-state index >= 15 is 0 Å². The number of thiophene rings is 1. The number of nitrogens with zero attached hydrogens (tertiary/aromatic N) is 1. The first-order valence-electron chi connectivity index (χ1n) is 5.65. The van der Waals surface area contributed by atoms with E-state index in [4.69, 9.17) is 0 Å². The monoisotopic (exact) mass is 239 g/mol. The summed E-state index contributed by atoms with van der Waals surface area (Å²) in [5.41, 5.74) is 2.35. The first-order valence-corrected chi connectivity index (χ1v) is 6.47. The minimum atomic E-state index is 1.10. The summed E-state index contributed by atoms with van der Waals surface area (Å²) in [7, 11) is 1.85. The molecule has 84 valence electrons. The van der Waals surface area contributed by atoms with Gasteiger partial charge in [0.25, 0.3) is 0 Å². The van der Waals surface area contributed by atoms with Crippen LogP contribution in [0.25, 0.3) is 20.2 Å². The number of hydrogen-bond acceptors (Lipinski definition) is 2. The smallest absolute Gasteiger partial charge is 0.0392 e. The Balaban J connectivity index is 2.52. The largest absolute Gasteiger partial charge is 0.293 e. The summed E-state index contributed by atoms with van der Waals surface area (Å²) in [4.78, 5) is 4.32. The highest BCUT2D eigenvalue weighted by molar-refractivity contribution is 7.25. The molecule has 0 saturated heterocycles. The molecule has 17 heavy (non-hydrogen) atoms. The lowest BCUT2D eigenvalue weighted by Gasteiger charge is -2.02. The van der Waals surface area contributed by atoms with Gasteiger partial charge in [-0.2, -0.15) is 0 Å². The summed E-state index contributed by atoms with van der Waals surface area (Å²) in [6.45, 7) is 2.07. The third-order valence-electron chi connectivity index (χ3n) is 3.13. The number of hydrogen-bond donors (Lipinski definition) is 0. The molecule has 0 fully saturated rings. The van der Waals surface area contributed by atoms with Gasteiger partial charge in [0.2, 0.25) is 0 Å². The molecular formula is C15H13NS. The van der Waals surface area contributed by atoms with E-state index < -0.39 is 0 Å². The van der Waals surface area contributed by atoms with Gasteiger partial charge in [0.1, 0.15) is 0 Å². The maximum atomic E-state index is 4.32. The van der Waals surface area contributed by atoms with Crippen LogP contribution in [0.3, 0.4) is 0 Å². The maximum absolute atomic E-state index is 4.32. The minimum absolute atomic E-state index is 1.10. The molecule has 1 aromatic heterocycles. The molecule has 2 aromatic carbocycles. The summed E-state index contributed by atoms with van der Waals surface area (Å²) < 4.78 is 2.69. The van der Waals surface area contributed by atoms with Gasteiger partial charge in [0.05, 0.1) is 0 Å². The first kappa shape index (κ1) is 10.5.